The first-order valence-corrected chi connectivity index (χ1v) is 16.3. The van der Waals surface area contributed by atoms with Gasteiger partial charge in [0.1, 0.15) is 5.82 Å². The number of rotatable bonds is 9. The van der Waals surface area contributed by atoms with E-state index in [0.717, 1.165) is 79.1 Å². The van der Waals surface area contributed by atoms with Gasteiger partial charge in [-0.15, -0.1) is 8.20 Å². The number of aliphatic hydroxyl groups is 2. The van der Waals surface area contributed by atoms with Crippen LogP contribution in [-0.2, 0) is 14.1 Å². The fourth-order valence-corrected chi connectivity index (χ4v) is 7.51. The summed E-state index contributed by atoms with van der Waals surface area (Å²) < 4.78 is 4.09. The number of aliphatic hydroxyl groups excluding tert-OH is 2. The quantitative estimate of drug-likeness (QED) is 0.181. The Morgan fingerprint density at radius 2 is 1.79 bits per heavy atom. The van der Waals surface area contributed by atoms with Crippen molar-refractivity contribution in [3.63, 3.8) is 0 Å². The number of likely N-dealkylation sites (N-methyl/N-ethyl adjacent to an activating group) is 1. The van der Waals surface area contributed by atoms with Crippen molar-refractivity contribution >= 4 is 37.2 Å². The Morgan fingerprint density at radius 3 is 2.51 bits per heavy atom. The summed E-state index contributed by atoms with van der Waals surface area (Å²) in [6.07, 6.45) is 8.11. The van der Waals surface area contributed by atoms with Crippen molar-refractivity contribution in [3.8, 4) is 11.3 Å². The van der Waals surface area contributed by atoms with Crippen LogP contribution in [-0.4, -0.2) is 60.7 Å². The van der Waals surface area contributed by atoms with Crippen LogP contribution in [0.3, 0.4) is 0 Å². The van der Waals surface area contributed by atoms with E-state index in [-0.39, 0.29) is 6.04 Å². The van der Waals surface area contributed by atoms with Gasteiger partial charge >= 0.3 is 0 Å². The number of anilines is 2. The van der Waals surface area contributed by atoms with Gasteiger partial charge in [0.05, 0.1) is 23.9 Å². The molecule has 4 aromatic rings. The SMILES string of the molecule is CN1c2nn(C)cc2C=C(c2nc(-c3cccc(N)c3C=PCC(O)c3ccccc3)c(C3CC3)n2C)C1C(O)C1CC1. The second kappa shape index (κ2) is 11.1. The number of hydrogen-bond donors (Lipinski definition) is 3. The highest BCUT2D eigenvalue weighted by Gasteiger charge is 2.44. The van der Waals surface area contributed by atoms with Crippen LogP contribution in [0.1, 0.15) is 65.9 Å². The molecule has 4 N–H and O–H groups in total. The van der Waals surface area contributed by atoms with Gasteiger partial charge in [-0.3, -0.25) is 4.68 Å². The van der Waals surface area contributed by atoms with E-state index in [1.54, 1.807) is 0 Å². The zero-order valence-corrected chi connectivity index (χ0v) is 25.8. The first-order valence-electron chi connectivity index (χ1n) is 15.2. The van der Waals surface area contributed by atoms with Crippen LogP contribution in [0.4, 0.5) is 11.5 Å². The van der Waals surface area contributed by atoms with E-state index >= 15 is 0 Å². The molecule has 2 aromatic heterocycles. The summed E-state index contributed by atoms with van der Waals surface area (Å²) >= 11 is 0. The summed E-state index contributed by atoms with van der Waals surface area (Å²) in [6, 6.07) is 15.6. The average Bonchev–Trinajstić information content (AvgIpc) is 3.94. The van der Waals surface area contributed by atoms with Gasteiger partial charge in [0.25, 0.3) is 0 Å². The van der Waals surface area contributed by atoms with Crippen LogP contribution in [0.15, 0.2) is 54.7 Å². The van der Waals surface area contributed by atoms with Crippen molar-refractivity contribution < 1.29 is 10.2 Å². The highest BCUT2D eigenvalue weighted by atomic mass is 31.1. The molecule has 2 fully saturated rings. The van der Waals surface area contributed by atoms with Crippen LogP contribution in [0.5, 0.6) is 0 Å². The number of nitrogens with two attached hydrogens (primary N) is 1. The zero-order chi connectivity index (χ0) is 29.8. The van der Waals surface area contributed by atoms with Crippen LogP contribution in [0.2, 0.25) is 0 Å². The molecule has 2 saturated carbocycles. The van der Waals surface area contributed by atoms with Gasteiger partial charge in [0.2, 0.25) is 0 Å². The molecule has 2 aromatic carbocycles. The predicted molar refractivity (Wildman–Crippen MR) is 175 cm³/mol. The number of imidazole rings is 1. The van der Waals surface area contributed by atoms with Crippen molar-refractivity contribution in [3.05, 3.63) is 82.9 Å². The molecule has 3 heterocycles. The molecule has 9 heteroatoms. The minimum atomic E-state index is -0.543. The Hall–Kier alpha value is -3.71. The van der Waals surface area contributed by atoms with Gasteiger partial charge in [-0.1, -0.05) is 42.5 Å². The Labute approximate surface area is 254 Å². The molecular formula is C34H39N6O2P. The summed E-state index contributed by atoms with van der Waals surface area (Å²) in [5.41, 5.74) is 14.4. The lowest BCUT2D eigenvalue weighted by molar-refractivity contribution is 0.138. The highest BCUT2D eigenvalue weighted by Crippen LogP contribution is 2.48. The van der Waals surface area contributed by atoms with Crippen LogP contribution >= 0.6 is 8.20 Å². The number of fused-ring (bicyclic) bond motifs is 1. The number of nitrogen functional groups attached to an aromatic ring is 1. The number of nitrogens with zero attached hydrogens (tertiary/aromatic N) is 5. The van der Waals surface area contributed by atoms with Gasteiger partial charge in [-0.05, 0) is 55.1 Å². The van der Waals surface area contributed by atoms with Gasteiger partial charge in [-0.2, -0.15) is 5.10 Å². The van der Waals surface area contributed by atoms with Crippen molar-refractivity contribution in [2.24, 2.45) is 20.0 Å². The summed E-state index contributed by atoms with van der Waals surface area (Å²) in [5.74, 6) is 4.63. The molecule has 8 nitrogen and oxygen atoms in total. The minimum absolute atomic E-state index is 0.235. The van der Waals surface area contributed by atoms with E-state index in [1.807, 2.05) is 67.4 Å². The lowest BCUT2D eigenvalue weighted by Gasteiger charge is -2.37. The fraction of sp³-hybridized carbons (Fsp3) is 0.382. The Morgan fingerprint density at radius 1 is 1.02 bits per heavy atom. The Bertz CT molecular complexity index is 1720. The predicted octanol–water partition coefficient (Wildman–Crippen LogP) is 5.24. The first kappa shape index (κ1) is 28.1. The molecule has 0 amide bonds. The molecular weight excluding hydrogens is 555 g/mol. The lowest BCUT2D eigenvalue weighted by Crippen LogP contribution is -2.45. The molecule has 7 rings (SSSR count). The second-order valence-corrected chi connectivity index (χ2v) is 13.3. The molecule has 222 valence electrons. The monoisotopic (exact) mass is 594 g/mol. The number of hydrogen-bond acceptors (Lipinski definition) is 6. The van der Waals surface area contributed by atoms with E-state index in [1.165, 1.54) is 5.69 Å². The molecule has 43 heavy (non-hydrogen) atoms. The van der Waals surface area contributed by atoms with Crippen molar-refractivity contribution in [1.82, 2.24) is 19.3 Å². The van der Waals surface area contributed by atoms with Gasteiger partial charge < -0.3 is 25.4 Å². The normalized spacial score (nSPS) is 19.9. The molecule has 0 spiro atoms. The maximum atomic E-state index is 11.6. The summed E-state index contributed by atoms with van der Waals surface area (Å²) in [6.45, 7) is 0. The van der Waals surface area contributed by atoms with Crippen molar-refractivity contribution in [1.29, 1.82) is 0 Å². The summed E-state index contributed by atoms with van der Waals surface area (Å²) in [7, 11) is 7.07. The Kier molecular flexibility index (Phi) is 7.24. The maximum Gasteiger partial charge on any atom is 0.158 e. The van der Waals surface area contributed by atoms with Gasteiger partial charge in [0.15, 0.2) is 5.82 Å². The zero-order valence-electron chi connectivity index (χ0n) is 24.9. The molecule has 0 bridgehead atoms. The molecule has 3 atom stereocenters. The Balaban J connectivity index is 1.31. The van der Waals surface area contributed by atoms with E-state index in [9.17, 15) is 10.2 Å². The highest BCUT2D eigenvalue weighted by molar-refractivity contribution is 7.39. The molecule has 1 aliphatic heterocycles. The first-order chi connectivity index (χ1) is 20.8. The lowest BCUT2D eigenvalue weighted by atomic mass is 9.91. The van der Waals surface area contributed by atoms with Gasteiger partial charge in [-0.25, -0.2) is 4.98 Å². The largest absolute Gasteiger partial charge is 0.398 e. The van der Waals surface area contributed by atoms with Crippen molar-refractivity contribution in [2.75, 3.05) is 23.8 Å². The number of aryl methyl sites for hydroxylation is 1. The van der Waals surface area contributed by atoms with E-state index in [0.29, 0.717) is 23.7 Å². The molecule has 2 aliphatic carbocycles. The number of aromatic nitrogens is 4. The topological polar surface area (TPSA) is 105 Å². The van der Waals surface area contributed by atoms with Crippen LogP contribution < -0.4 is 10.6 Å². The van der Waals surface area contributed by atoms with Gasteiger partial charge in [0, 0.05) is 73.1 Å². The summed E-state index contributed by atoms with van der Waals surface area (Å²) in [5, 5.41) is 27.0. The summed E-state index contributed by atoms with van der Waals surface area (Å²) in [4.78, 5) is 7.52. The molecule has 0 saturated heterocycles. The van der Waals surface area contributed by atoms with E-state index < -0.39 is 12.2 Å². The number of benzene rings is 2. The maximum absolute atomic E-state index is 11.6. The van der Waals surface area contributed by atoms with Crippen LogP contribution in [0, 0.1) is 5.92 Å². The second-order valence-electron chi connectivity index (χ2n) is 12.3. The van der Waals surface area contributed by atoms with E-state index in [2.05, 4.69) is 34.5 Å². The molecule has 0 radical (unpaired) electrons. The van der Waals surface area contributed by atoms with E-state index in [4.69, 9.17) is 15.8 Å². The smallest absolute Gasteiger partial charge is 0.158 e. The third-order valence-electron chi connectivity index (χ3n) is 9.09. The fourth-order valence-electron chi connectivity index (χ4n) is 6.52. The minimum Gasteiger partial charge on any atom is -0.398 e. The third kappa shape index (κ3) is 5.22. The molecule has 3 aliphatic rings. The van der Waals surface area contributed by atoms with Crippen molar-refractivity contribution in [2.45, 2.75) is 49.9 Å². The molecule has 3 unspecified atom stereocenters. The standard InChI is InChI=1S/C34H39N6O2P/c1-38-17-23-16-25(31(32(42)22-14-15-22)40(3)33(23)37-38)34-36-29(30(39(34)2)21-12-13-21)24-10-7-11-27(35)26(24)18-43-19-28(41)20-8-5-4-6-9-20/h4-11,16-18,21-22,28,31-32,41-42H,12-15,19,35H2,1-3H3. The average molecular weight is 595 g/mol. The van der Waals surface area contributed by atoms with Crippen LogP contribution in [0.25, 0.3) is 22.9 Å². The third-order valence-corrected chi connectivity index (χ3v) is 10.1.